The zero-order chi connectivity index (χ0) is 23.3. The van der Waals surface area contributed by atoms with E-state index in [1.807, 2.05) is 36.4 Å². The minimum Gasteiger partial charge on any atom is -0.478 e. The van der Waals surface area contributed by atoms with Crippen molar-refractivity contribution in [3.63, 3.8) is 0 Å². The molecule has 0 aliphatic rings. The van der Waals surface area contributed by atoms with Crippen LogP contribution in [0.25, 0.3) is 0 Å². The van der Waals surface area contributed by atoms with Gasteiger partial charge in [-0.25, -0.2) is 4.79 Å². The van der Waals surface area contributed by atoms with Crippen LogP contribution in [0.2, 0.25) is 10.0 Å². The highest BCUT2D eigenvalue weighted by atomic mass is 35.5. The van der Waals surface area contributed by atoms with Crippen molar-refractivity contribution < 1.29 is 19.4 Å². The van der Waals surface area contributed by atoms with Gasteiger partial charge in [-0.3, -0.25) is 4.79 Å². The molecule has 3 rings (SSSR count). The Morgan fingerprint density at radius 1 is 0.938 bits per heavy atom. The third-order valence-electron chi connectivity index (χ3n) is 4.87. The maximum atomic E-state index is 12.5. The Morgan fingerprint density at radius 3 is 2.28 bits per heavy atom. The maximum Gasteiger partial charge on any atom is 0.347 e. The van der Waals surface area contributed by atoms with Crippen LogP contribution < -0.4 is 10.1 Å². The number of aryl methyl sites for hydroxylation is 2. The number of carboxylic acid groups (broad SMARTS) is 1. The van der Waals surface area contributed by atoms with Crippen molar-refractivity contribution in [2.75, 3.05) is 5.32 Å². The zero-order valence-corrected chi connectivity index (χ0v) is 19.2. The molecule has 5 nitrogen and oxygen atoms in total. The molecule has 0 spiro atoms. The van der Waals surface area contributed by atoms with Gasteiger partial charge >= 0.3 is 5.97 Å². The molecule has 166 valence electrons. The van der Waals surface area contributed by atoms with Crippen molar-refractivity contribution in [2.24, 2.45) is 0 Å². The standard InChI is InChI=1S/C25H23Cl2NO4/c1-25(2,24(30)31)32-20-11-8-16(9-12-20)6-7-17-4-3-5-19(14-17)28-23(29)21-13-10-18(26)15-22(21)27/h3-5,8-15H,6-7H2,1-2H3,(H,28,29)(H,30,31). The number of carbonyl (C=O) groups excluding carboxylic acids is 1. The summed E-state index contributed by atoms with van der Waals surface area (Å²) in [5.74, 6) is -0.817. The Hall–Kier alpha value is -3.02. The summed E-state index contributed by atoms with van der Waals surface area (Å²) in [4.78, 5) is 23.7. The molecule has 0 atom stereocenters. The average Bonchev–Trinajstić information content (AvgIpc) is 2.73. The molecule has 0 aromatic heterocycles. The first-order valence-electron chi connectivity index (χ1n) is 10.0. The number of benzene rings is 3. The number of carbonyl (C=O) groups is 2. The van der Waals surface area contributed by atoms with Crippen molar-refractivity contribution in [2.45, 2.75) is 32.3 Å². The molecule has 3 aromatic carbocycles. The third-order valence-corrected chi connectivity index (χ3v) is 5.42. The van der Waals surface area contributed by atoms with Crippen LogP contribution >= 0.6 is 23.2 Å². The number of amides is 1. The van der Waals surface area contributed by atoms with Crippen LogP contribution in [-0.2, 0) is 17.6 Å². The molecule has 0 radical (unpaired) electrons. The number of rotatable bonds is 8. The van der Waals surface area contributed by atoms with Gasteiger partial charge in [-0.1, -0.05) is 47.5 Å². The molecule has 0 bridgehead atoms. The van der Waals surface area contributed by atoms with Crippen LogP contribution in [0.1, 0.15) is 35.3 Å². The number of nitrogens with one attached hydrogen (secondary N) is 1. The normalized spacial score (nSPS) is 11.1. The molecular weight excluding hydrogens is 449 g/mol. The van der Waals surface area contributed by atoms with E-state index in [1.165, 1.54) is 19.9 Å². The van der Waals surface area contributed by atoms with E-state index in [0.717, 1.165) is 24.0 Å². The van der Waals surface area contributed by atoms with Gasteiger partial charge in [0.1, 0.15) is 5.75 Å². The average molecular weight is 472 g/mol. The SMILES string of the molecule is CC(C)(Oc1ccc(CCc2cccc(NC(=O)c3ccc(Cl)cc3Cl)c2)cc1)C(=O)O. The zero-order valence-electron chi connectivity index (χ0n) is 17.7. The lowest BCUT2D eigenvalue weighted by Crippen LogP contribution is -2.37. The summed E-state index contributed by atoms with van der Waals surface area (Å²) in [5.41, 5.74) is 1.90. The molecule has 3 aromatic rings. The van der Waals surface area contributed by atoms with Crippen molar-refractivity contribution in [1.82, 2.24) is 0 Å². The lowest BCUT2D eigenvalue weighted by Gasteiger charge is -2.21. The van der Waals surface area contributed by atoms with E-state index in [4.69, 9.17) is 27.9 Å². The third kappa shape index (κ3) is 6.25. The van der Waals surface area contributed by atoms with Gasteiger partial charge in [0.2, 0.25) is 0 Å². The fraction of sp³-hybridized carbons (Fsp3) is 0.200. The number of hydrogen-bond donors (Lipinski definition) is 2. The fourth-order valence-corrected chi connectivity index (χ4v) is 3.52. The molecule has 0 heterocycles. The summed E-state index contributed by atoms with van der Waals surface area (Å²) >= 11 is 12.0. The van der Waals surface area contributed by atoms with Crippen LogP contribution in [-0.4, -0.2) is 22.6 Å². The Bertz CT molecular complexity index is 1130. The largest absolute Gasteiger partial charge is 0.478 e. The topological polar surface area (TPSA) is 75.6 Å². The van der Waals surface area contributed by atoms with Gasteiger partial charge in [0.25, 0.3) is 5.91 Å². The number of halogens is 2. The second-order valence-electron chi connectivity index (χ2n) is 7.84. The molecule has 0 aliphatic carbocycles. The van der Waals surface area contributed by atoms with Crippen LogP contribution in [0.4, 0.5) is 5.69 Å². The summed E-state index contributed by atoms with van der Waals surface area (Å²) in [6.45, 7) is 3.02. The molecule has 32 heavy (non-hydrogen) atoms. The Kier molecular flexibility index (Phi) is 7.44. The van der Waals surface area contributed by atoms with Crippen LogP contribution in [0.3, 0.4) is 0 Å². The molecule has 0 fully saturated rings. The molecule has 1 amide bonds. The van der Waals surface area contributed by atoms with Crippen molar-refractivity contribution in [3.8, 4) is 5.75 Å². The first-order chi connectivity index (χ1) is 15.1. The second kappa shape index (κ2) is 10.1. The summed E-state index contributed by atoms with van der Waals surface area (Å²) in [5, 5.41) is 12.8. The van der Waals surface area contributed by atoms with Gasteiger partial charge in [0.05, 0.1) is 10.6 Å². The highest BCUT2D eigenvalue weighted by Crippen LogP contribution is 2.23. The van der Waals surface area contributed by atoms with Gasteiger partial charge in [0.15, 0.2) is 5.60 Å². The van der Waals surface area contributed by atoms with Crippen molar-refractivity contribution >= 4 is 40.8 Å². The smallest absolute Gasteiger partial charge is 0.347 e. The van der Waals surface area contributed by atoms with Crippen molar-refractivity contribution in [3.05, 3.63) is 93.5 Å². The number of anilines is 1. The number of ether oxygens (including phenoxy) is 1. The number of aliphatic carboxylic acids is 1. The summed E-state index contributed by atoms with van der Waals surface area (Å²) in [6, 6.07) is 19.8. The van der Waals surface area contributed by atoms with Crippen LogP contribution in [0.5, 0.6) is 5.75 Å². The van der Waals surface area contributed by atoms with Gasteiger partial charge in [-0.15, -0.1) is 0 Å². The summed E-state index contributed by atoms with van der Waals surface area (Å²) in [6.07, 6.45) is 1.55. The Labute approximate surface area is 196 Å². The predicted molar refractivity (Wildman–Crippen MR) is 127 cm³/mol. The van der Waals surface area contributed by atoms with Gasteiger partial charge in [0, 0.05) is 10.7 Å². The molecule has 0 saturated carbocycles. The lowest BCUT2D eigenvalue weighted by atomic mass is 10.0. The van der Waals surface area contributed by atoms with Crippen molar-refractivity contribution in [1.29, 1.82) is 0 Å². The molecule has 0 unspecified atom stereocenters. The molecule has 0 saturated heterocycles. The lowest BCUT2D eigenvalue weighted by molar-refractivity contribution is -0.152. The van der Waals surface area contributed by atoms with Gasteiger partial charge < -0.3 is 15.2 Å². The molecule has 2 N–H and O–H groups in total. The molecule has 0 aliphatic heterocycles. The van der Waals surface area contributed by atoms with E-state index in [0.29, 0.717) is 27.0 Å². The summed E-state index contributed by atoms with van der Waals surface area (Å²) < 4.78 is 5.53. The molecular formula is C25H23Cl2NO4. The number of carboxylic acids is 1. The first-order valence-corrected chi connectivity index (χ1v) is 10.8. The van der Waals surface area contributed by atoms with Crippen LogP contribution in [0.15, 0.2) is 66.7 Å². The van der Waals surface area contributed by atoms with E-state index in [1.54, 1.807) is 24.3 Å². The highest BCUT2D eigenvalue weighted by molar-refractivity contribution is 6.37. The molecule has 7 heteroatoms. The van der Waals surface area contributed by atoms with E-state index in [-0.39, 0.29) is 5.91 Å². The summed E-state index contributed by atoms with van der Waals surface area (Å²) in [7, 11) is 0. The fourth-order valence-electron chi connectivity index (χ4n) is 3.03. The minimum absolute atomic E-state index is 0.297. The van der Waals surface area contributed by atoms with Gasteiger partial charge in [-0.2, -0.15) is 0 Å². The minimum atomic E-state index is -1.29. The van der Waals surface area contributed by atoms with Crippen LogP contribution in [0, 0.1) is 0 Å². The quantitative estimate of drug-likeness (QED) is 0.405. The Balaban J connectivity index is 1.60. The second-order valence-corrected chi connectivity index (χ2v) is 8.68. The van der Waals surface area contributed by atoms with Gasteiger partial charge in [-0.05, 0) is 80.3 Å². The maximum absolute atomic E-state index is 12.5. The van der Waals surface area contributed by atoms with E-state index in [2.05, 4.69) is 5.32 Å². The van der Waals surface area contributed by atoms with E-state index >= 15 is 0 Å². The van der Waals surface area contributed by atoms with E-state index in [9.17, 15) is 14.7 Å². The monoisotopic (exact) mass is 471 g/mol. The highest BCUT2D eigenvalue weighted by Gasteiger charge is 2.29. The first kappa shape index (κ1) is 23.6. The number of hydrogen-bond acceptors (Lipinski definition) is 3. The predicted octanol–water partition coefficient (Wildman–Crippen LogP) is 6.27. The van der Waals surface area contributed by atoms with E-state index < -0.39 is 11.6 Å². The Morgan fingerprint density at radius 2 is 1.62 bits per heavy atom.